The van der Waals surface area contributed by atoms with Crippen LogP contribution >= 0.6 is 24.8 Å². The van der Waals surface area contributed by atoms with Crippen molar-refractivity contribution in [2.45, 2.75) is 19.5 Å². The summed E-state index contributed by atoms with van der Waals surface area (Å²) >= 11 is 0. The molecule has 0 aromatic heterocycles. The predicted octanol–water partition coefficient (Wildman–Crippen LogP) is 3.84. The van der Waals surface area contributed by atoms with E-state index in [4.69, 9.17) is 9.47 Å². The van der Waals surface area contributed by atoms with Gasteiger partial charge in [-0.3, -0.25) is 4.90 Å². The second kappa shape index (κ2) is 13.0. The first-order valence-electron chi connectivity index (χ1n) is 9.16. The molecule has 0 radical (unpaired) electrons. The fourth-order valence-corrected chi connectivity index (χ4v) is 3.22. The van der Waals surface area contributed by atoms with Crippen molar-refractivity contribution in [1.82, 2.24) is 10.2 Å². The average molecular weight is 431 g/mol. The maximum atomic E-state index is 13.6. The molecule has 1 fully saturated rings. The van der Waals surface area contributed by atoms with Gasteiger partial charge in [-0.05, 0) is 42.3 Å². The van der Waals surface area contributed by atoms with Gasteiger partial charge in [-0.25, -0.2) is 4.39 Å². The lowest BCUT2D eigenvalue weighted by atomic mass is 10.1. The molecule has 2 aromatic carbocycles. The largest absolute Gasteiger partial charge is 0.496 e. The molecule has 1 heterocycles. The van der Waals surface area contributed by atoms with Crippen LogP contribution in [-0.2, 0) is 24.2 Å². The number of hydrogen-bond donors (Lipinski definition) is 1. The number of ether oxygens (including phenoxy) is 2. The van der Waals surface area contributed by atoms with Crippen molar-refractivity contribution >= 4 is 24.8 Å². The third-order valence-corrected chi connectivity index (χ3v) is 4.70. The van der Waals surface area contributed by atoms with E-state index >= 15 is 0 Å². The summed E-state index contributed by atoms with van der Waals surface area (Å²) in [5.74, 6) is 0.790. The molecule has 1 aliphatic heterocycles. The van der Waals surface area contributed by atoms with Crippen molar-refractivity contribution in [2.24, 2.45) is 0 Å². The van der Waals surface area contributed by atoms with E-state index in [1.165, 1.54) is 17.2 Å². The monoisotopic (exact) mass is 430 g/mol. The Morgan fingerprint density at radius 2 is 1.82 bits per heavy atom. The molecule has 2 aromatic rings. The van der Waals surface area contributed by atoms with Crippen LogP contribution in [0, 0.1) is 5.82 Å². The Kier molecular flexibility index (Phi) is 11.4. The zero-order valence-corrected chi connectivity index (χ0v) is 17.8. The Morgan fingerprint density at radius 1 is 1.07 bits per heavy atom. The van der Waals surface area contributed by atoms with Crippen LogP contribution in [0.2, 0.25) is 0 Å². The van der Waals surface area contributed by atoms with Crippen LogP contribution < -0.4 is 10.1 Å². The van der Waals surface area contributed by atoms with Crippen molar-refractivity contribution < 1.29 is 13.9 Å². The van der Waals surface area contributed by atoms with Gasteiger partial charge in [0.05, 0.1) is 20.3 Å². The van der Waals surface area contributed by atoms with Crippen LogP contribution in [0.5, 0.6) is 5.75 Å². The van der Waals surface area contributed by atoms with Crippen LogP contribution in [0.1, 0.15) is 16.7 Å². The van der Waals surface area contributed by atoms with Crippen molar-refractivity contribution in [1.29, 1.82) is 0 Å². The van der Waals surface area contributed by atoms with E-state index in [2.05, 4.69) is 22.3 Å². The summed E-state index contributed by atoms with van der Waals surface area (Å²) in [6.07, 6.45) is 0.684. The summed E-state index contributed by atoms with van der Waals surface area (Å²) in [6.45, 7) is 5.86. The maximum absolute atomic E-state index is 13.6. The molecule has 0 amide bonds. The molecule has 0 spiro atoms. The lowest BCUT2D eigenvalue weighted by molar-refractivity contribution is 0.0339. The molecule has 0 saturated carbocycles. The molecule has 4 nitrogen and oxygen atoms in total. The number of benzene rings is 2. The lowest BCUT2D eigenvalue weighted by Gasteiger charge is -2.27. The van der Waals surface area contributed by atoms with Gasteiger partial charge in [-0.15, -0.1) is 24.8 Å². The van der Waals surface area contributed by atoms with Crippen LogP contribution in [-0.4, -0.2) is 44.9 Å². The fraction of sp³-hybridized carbons (Fsp3) is 0.429. The van der Waals surface area contributed by atoms with E-state index in [1.54, 1.807) is 13.2 Å². The number of morpholine rings is 1. The highest BCUT2D eigenvalue weighted by Gasteiger charge is 2.13. The number of rotatable bonds is 8. The molecular weight excluding hydrogens is 402 g/mol. The first-order valence-corrected chi connectivity index (χ1v) is 9.16. The highest BCUT2D eigenvalue weighted by atomic mass is 35.5. The number of nitrogens with one attached hydrogen (secondary N) is 1. The average Bonchev–Trinajstić information content (AvgIpc) is 2.67. The smallest absolute Gasteiger partial charge is 0.126 e. The highest BCUT2D eigenvalue weighted by molar-refractivity contribution is 5.85. The molecule has 1 saturated heterocycles. The lowest BCUT2D eigenvalue weighted by Crippen LogP contribution is -2.35. The van der Waals surface area contributed by atoms with Gasteiger partial charge in [0.1, 0.15) is 11.6 Å². The van der Waals surface area contributed by atoms with Gasteiger partial charge in [0.2, 0.25) is 0 Å². The van der Waals surface area contributed by atoms with Gasteiger partial charge < -0.3 is 14.8 Å². The highest BCUT2D eigenvalue weighted by Crippen LogP contribution is 2.22. The van der Waals surface area contributed by atoms with Gasteiger partial charge >= 0.3 is 0 Å². The predicted molar refractivity (Wildman–Crippen MR) is 115 cm³/mol. The van der Waals surface area contributed by atoms with Crippen LogP contribution in [0.15, 0.2) is 42.5 Å². The van der Waals surface area contributed by atoms with E-state index < -0.39 is 0 Å². The molecule has 0 unspecified atom stereocenters. The number of halogens is 3. The van der Waals surface area contributed by atoms with Gasteiger partial charge in [-0.1, -0.05) is 24.3 Å². The first kappa shape index (κ1) is 24.7. The van der Waals surface area contributed by atoms with Crippen molar-refractivity contribution in [3.05, 3.63) is 65.0 Å². The second-order valence-electron chi connectivity index (χ2n) is 6.55. The molecule has 1 N–H and O–H groups in total. The first-order chi connectivity index (χ1) is 12.8. The molecular formula is C21H29Cl2FN2O2. The van der Waals surface area contributed by atoms with E-state index in [1.807, 2.05) is 18.2 Å². The molecule has 3 rings (SSSR count). The Morgan fingerprint density at radius 3 is 2.54 bits per heavy atom. The van der Waals surface area contributed by atoms with Crippen LogP contribution in [0.25, 0.3) is 0 Å². The third kappa shape index (κ3) is 7.22. The Labute approximate surface area is 179 Å². The van der Waals surface area contributed by atoms with Crippen molar-refractivity contribution in [2.75, 3.05) is 40.0 Å². The fourth-order valence-electron chi connectivity index (χ4n) is 3.22. The van der Waals surface area contributed by atoms with E-state index in [-0.39, 0.29) is 30.6 Å². The zero-order chi connectivity index (χ0) is 18.2. The summed E-state index contributed by atoms with van der Waals surface area (Å²) in [7, 11) is 1.71. The van der Waals surface area contributed by atoms with Gasteiger partial charge in [0.25, 0.3) is 0 Å². The summed E-state index contributed by atoms with van der Waals surface area (Å²) < 4.78 is 24.6. The summed E-state index contributed by atoms with van der Waals surface area (Å²) in [5.41, 5.74) is 3.16. The normalized spacial score (nSPS) is 14.1. The Hall–Kier alpha value is -1.37. The quantitative estimate of drug-likeness (QED) is 0.644. The van der Waals surface area contributed by atoms with E-state index in [0.717, 1.165) is 57.3 Å². The molecule has 28 heavy (non-hydrogen) atoms. The maximum Gasteiger partial charge on any atom is 0.126 e. The summed E-state index contributed by atoms with van der Waals surface area (Å²) in [4.78, 5) is 2.39. The van der Waals surface area contributed by atoms with Crippen LogP contribution in [0.3, 0.4) is 0 Å². The third-order valence-electron chi connectivity index (χ3n) is 4.70. The van der Waals surface area contributed by atoms with E-state index in [0.29, 0.717) is 6.42 Å². The van der Waals surface area contributed by atoms with Crippen LogP contribution in [0.4, 0.5) is 4.39 Å². The van der Waals surface area contributed by atoms with Gasteiger partial charge in [-0.2, -0.15) is 0 Å². The summed E-state index contributed by atoms with van der Waals surface area (Å²) in [5, 5.41) is 3.40. The zero-order valence-electron chi connectivity index (χ0n) is 16.2. The minimum Gasteiger partial charge on any atom is -0.496 e. The Balaban J connectivity index is 0.00000196. The van der Waals surface area contributed by atoms with Gasteiger partial charge in [0.15, 0.2) is 0 Å². The summed E-state index contributed by atoms with van der Waals surface area (Å²) in [6, 6.07) is 13.3. The molecule has 0 aliphatic carbocycles. The molecule has 1 aliphatic rings. The van der Waals surface area contributed by atoms with Crippen molar-refractivity contribution in [3.8, 4) is 5.75 Å². The van der Waals surface area contributed by atoms with Crippen molar-refractivity contribution in [3.63, 3.8) is 0 Å². The molecule has 0 atom stereocenters. The Bertz CT molecular complexity index is 713. The van der Waals surface area contributed by atoms with Gasteiger partial charge in [0, 0.05) is 31.7 Å². The van der Waals surface area contributed by atoms with E-state index in [9.17, 15) is 4.39 Å². The molecule has 0 bridgehead atoms. The standard InChI is InChI=1S/C21H27FN2O2.2ClH/c1-25-21-7-6-17(14-19(21)16-24-10-12-26-13-11-24)15-23-9-8-18-4-2-3-5-20(18)22;;/h2-7,14,23H,8-13,15-16H2,1H3;2*1H. The number of methoxy groups -OCH3 is 1. The number of hydrogen-bond acceptors (Lipinski definition) is 4. The molecule has 156 valence electrons. The molecule has 7 heteroatoms. The number of nitrogens with zero attached hydrogens (tertiary/aromatic N) is 1. The topological polar surface area (TPSA) is 33.7 Å². The SMILES string of the molecule is COc1ccc(CNCCc2ccccc2F)cc1CN1CCOCC1.Cl.Cl. The minimum atomic E-state index is -0.133. The minimum absolute atomic E-state index is 0. The second-order valence-corrected chi connectivity index (χ2v) is 6.55.